The Labute approximate surface area is 167 Å². The van der Waals surface area contributed by atoms with Crippen LogP contribution in [-0.4, -0.2) is 40.5 Å². The van der Waals surface area contributed by atoms with Gasteiger partial charge in [0.25, 0.3) is 11.7 Å². The van der Waals surface area contributed by atoms with Crippen molar-refractivity contribution in [1.29, 1.82) is 0 Å². The number of hydrogen-bond acceptors (Lipinski definition) is 5. The molecule has 0 saturated carbocycles. The van der Waals surface area contributed by atoms with Crippen LogP contribution in [-0.2, 0) is 9.59 Å². The largest absolute Gasteiger partial charge is 0.508 e. The second-order valence-corrected chi connectivity index (χ2v) is 6.84. The Morgan fingerprint density at radius 3 is 2.61 bits per heavy atom. The fraction of sp³-hybridized carbons (Fsp3) is 0.238. The Hall–Kier alpha value is -2.99. The topological polar surface area (TPSA) is 87.1 Å². The lowest BCUT2D eigenvalue weighted by molar-refractivity contribution is -0.139. The van der Waals surface area contributed by atoms with Gasteiger partial charge in [0.05, 0.1) is 23.7 Å². The molecule has 1 aliphatic rings. The standard InChI is InChI=1S/C21H20ClNO5/c1-3-9-23-18(12-5-4-6-13(24)10-12)17(20(26)21(23)27)19(25)15-11-14(28-2)7-8-16(15)22/h4-8,10-11,18,24-25H,3,9H2,1-2H3/b19-17+. The third-order valence-corrected chi connectivity index (χ3v) is 4.95. The third-order valence-electron chi connectivity index (χ3n) is 4.62. The second-order valence-electron chi connectivity index (χ2n) is 6.43. The maximum atomic E-state index is 12.8. The Balaban J connectivity index is 2.24. The molecule has 1 fully saturated rings. The number of carbonyl (C=O) groups excluding carboxylic acids is 2. The molecule has 1 heterocycles. The fourth-order valence-electron chi connectivity index (χ4n) is 3.35. The van der Waals surface area contributed by atoms with E-state index in [0.717, 1.165) is 0 Å². The van der Waals surface area contributed by atoms with Gasteiger partial charge in [-0.2, -0.15) is 0 Å². The van der Waals surface area contributed by atoms with E-state index in [1.165, 1.54) is 30.2 Å². The van der Waals surface area contributed by atoms with E-state index < -0.39 is 17.7 Å². The first kappa shape index (κ1) is 19.8. The number of Topliss-reactive ketones (excluding diaryl/α,β-unsaturated/α-hetero) is 1. The van der Waals surface area contributed by atoms with Crippen LogP contribution in [0.15, 0.2) is 48.0 Å². The van der Waals surface area contributed by atoms with Gasteiger partial charge in [-0.05, 0) is 42.3 Å². The molecular formula is C21H20ClNO5. The minimum atomic E-state index is -0.825. The molecule has 2 N–H and O–H groups in total. The lowest BCUT2D eigenvalue weighted by Gasteiger charge is -2.25. The average Bonchev–Trinajstić information content (AvgIpc) is 2.93. The predicted octanol–water partition coefficient (Wildman–Crippen LogP) is 3.89. The van der Waals surface area contributed by atoms with E-state index in [9.17, 15) is 19.8 Å². The van der Waals surface area contributed by atoms with Gasteiger partial charge in [-0.3, -0.25) is 9.59 Å². The van der Waals surface area contributed by atoms with Crippen molar-refractivity contribution in [2.45, 2.75) is 19.4 Å². The maximum absolute atomic E-state index is 12.8. The molecule has 6 nitrogen and oxygen atoms in total. The molecule has 2 aromatic carbocycles. The summed E-state index contributed by atoms with van der Waals surface area (Å²) in [5.74, 6) is -1.43. The van der Waals surface area contributed by atoms with Gasteiger partial charge < -0.3 is 19.8 Å². The molecule has 1 aliphatic heterocycles. The van der Waals surface area contributed by atoms with Crippen LogP contribution in [0.4, 0.5) is 0 Å². The number of ketones is 1. The zero-order valence-corrected chi connectivity index (χ0v) is 16.2. The summed E-state index contributed by atoms with van der Waals surface area (Å²) in [7, 11) is 1.47. The number of rotatable bonds is 5. The fourth-order valence-corrected chi connectivity index (χ4v) is 3.56. The Morgan fingerprint density at radius 1 is 1.21 bits per heavy atom. The van der Waals surface area contributed by atoms with Gasteiger partial charge in [-0.25, -0.2) is 0 Å². The predicted molar refractivity (Wildman–Crippen MR) is 105 cm³/mol. The van der Waals surface area contributed by atoms with Crippen LogP contribution in [0.2, 0.25) is 5.02 Å². The maximum Gasteiger partial charge on any atom is 0.295 e. The summed E-state index contributed by atoms with van der Waals surface area (Å²) in [5, 5.41) is 21.1. The number of methoxy groups -OCH3 is 1. The average molecular weight is 402 g/mol. The highest BCUT2D eigenvalue weighted by Gasteiger charge is 2.45. The highest BCUT2D eigenvalue weighted by atomic mass is 35.5. The van der Waals surface area contributed by atoms with E-state index in [1.807, 2.05) is 6.92 Å². The van der Waals surface area contributed by atoms with Crippen molar-refractivity contribution in [3.63, 3.8) is 0 Å². The number of aliphatic hydroxyl groups is 1. The number of hydrogen-bond donors (Lipinski definition) is 2. The summed E-state index contributed by atoms with van der Waals surface area (Å²) in [4.78, 5) is 26.8. The lowest BCUT2D eigenvalue weighted by atomic mass is 9.95. The molecule has 0 aromatic heterocycles. The van der Waals surface area contributed by atoms with Crippen LogP contribution >= 0.6 is 11.6 Å². The Morgan fingerprint density at radius 2 is 1.96 bits per heavy atom. The summed E-state index contributed by atoms with van der Waals surface area (Å²) in [6.07, 6.45) is 0.627. The molecule has 0 spiro atoms. The zero-order chi connectivity index (χ0) is 20.4. The molecule has 2 aromatic rings. The van der Waals surface area contributed by atoms with E-state index in [2.05, 4.69) is 0 Å². The van der Waals surface area contributed by atoms with Crippen molar-refractivity contribution in [3.05, 3.63) is 64.2 Å². The summed E-state index contributed by atoms with van der Waals surface area (Å²) < 4.78 is 5.17. The minimum absolute atomic E-state index is 0.000927. The van der Waals surface area contributed by atoms with Gasteiger partial charge in [0.2, 0.25) is 0 Å². The number of nitrogens with zero attached hydrogens (tertiary/aromatic N) is 1. The zero-order valence-electron chi connectivity index (χ0n) is 15.5. The Bertz CT molecular complexity index is 969. The van der Waals surface area contributed by atoms with Gasteiger partial charge in [0.15, 0.2) is 0 Å². The Kier molecular flexibility index (Phi) is 5.61. The van der Waals surface area contributed by atoms with Crippen LogP contribution in [0.25, 0.3) is 5.76 Å². The molecule has 0 bridgehead atoms. The van der Waals surface area contributed by atoms with E-state index in [0.29, 0.717) is 24.3 Å². The molecule has 1 unspecified atom stereocenters. The highest BCUT2D eigenvalue weighted by Crippen LogP contribution is 2.41. The minimum Gasteiger partial charge on any atom is -0.508 e. The number of phenolic OH excluding ortho intramolecular Hbond substituents is 1. The summed E-state index contributed by atoms with van der Waals surface area (Å²) >= 11 is 6.23. The van der Waals surface area contributed by atoms with E-state index in [-0.39, 0.29) is 27.7 Å². The van der Waals surface area contributed by atoms with Gasteiger partial charge in [-0.1, -0.05) is 30.7 Å². The summed E-state index contributed by atoms with van der Waals surface area (Å²) in [6.45, 7) is 2.21. The first-order chi connectivity index (χ1) is 13.4. The third kappa shape index (κ3) is 3.43. The number of ether oxygens (including phenoxy) is 1. The van der Waals surface area contributed by atoms with Crippen LogP contribution in [0.5, 0.6) is 11.5 Å². The van der Waals surface area contributed by atoms with Gasteiger partial charge >= 0.3 is 0 Å². The number of aromatic hydroxyl groups is 1. The summed E-state index contributed by atoms with van der Waals surface area (Å²) in [6, 6.07) is 10.1. The van der Waals surface area contributed by atoms with Crippen LogP contribution in [0.1, 0.15) is 30.5 Å². The second kappa shape index (κ2) is 7.94. The SMILES string of the molecule is CCCN1C(=O)C(=O)/C(=C(/O)c2cc(OC)ccc2Cl)C1c1cccc(O)c1. The molecule has 1 saturated heterocycles. The van der Waals surface area contributed by atoms with Gasteiger partial charge in [-0.15, -0.1) is 0 Å². The van der Waals surface area contributed by atoms with Crippen LogP contribution < -0.4 is 4.74 Å². The normalized spacial score (nSPS) is 18.5. The molecule has 1 atom stereocenters. The molecule has 1 amide bonds. The summed E-state index contributed by atoms with van der Waals surface area (Å²) in [5.41, 5.74) is 0.646. The number of benzene rings is 2. The molecule has 28 heavy (non-hydrogen) atoms. The molecule has 3 rings (SSSR count). The van der Waals surface area contributed by atoms with Crippen molar-refractivity contribution in [2.24, 2.45) is 0 Å². The molecule has 146 valence electrons. The van der Waals surface area contributed by atoms with E-state index in [1.54, 1.807) is 24.3 Å². The molecule has 7 heteroatoms. The smallest absolute Gasteiger partial charge is 0.295 e. The lowest BCUT2D eigenvalue weighted by Crippen LogP contribution is -2.30. The van der Waals surface area contributed by atoms with E-state index >= 15 is 0 Å². The number of likely N-dealkylation sites (tertiary alicyclic amines) is 1. The van der Waals surface area contributed by atoms with E-state index in [4.69, 9.17) is 16.3 Å². The molecule has 0 radical (unpaired) electrons. The molecular weight excluding hydrogens is 382 g/mol. The number of aliphatic hydroxyl groups excluding tert-OH is 1. The van der Waals surface area contributed by atoms with Crippen LogP contribution in [0.3, 0.4) is 0 Å². The first-order valence-corrected chi connectivity index (χ1v) is 9.18. The van der Waals surface area contributed by atoms with Crippen molar-refractivity contribution in [2.75, 3.05) is 13.7 Å². The number of phenols is 1. The van der Waals surface area contributed by atoms with Gasteiger partial charge in [0.1, 0.15) is 17.3 Å². The molecule has 0 aliphatic carbocycles. The quantitative estimate of drug-likeness (QED) is 0.451. The number of halogens is 1. The van der Waals surface area contributed by atoms with Gasteiger partial charge in [0, 0.05) is 12.1 Å². The highest BCUT2D eigenvalue weighted by molar-refractivity contribution is 6.47. The van der Waals surface area contributed by atoms with Crippen molar-refractivity contribution in [1.82, 2.24) is 4.90 Å². The first-order valence-electron chi connectivity index (χ1n) is 8.80. The number of carbonyl (C=O) groups is 2. The monoisotopic (exact) mass is 401 g/mol. The van der Waals surface area contributed by atoms with Crippen LogP contribution in [0, 0.1) is 0 Å². The van der Waals surface area contributed by atoms with Crippen molar-refractivity contribution >= 4 is 29.1 Å². The van der Waals surface area contributed by atoms with Crippen molar-refractivity contribution in [3.8, 4) is 11.5 Å². The van der Waals surface area contributed by atoms with Crippen molar-refractivity contribution < 1.29 is 24.5 Å². The number of amides is 1.